The lowest BCUT2D eigenvalue weighted by atomic mass is 9.76. The number of hydrogen-bond acceptors (Lipinski definition) is 4. The number of benzene rings is 1. The number of carboxylic acids is 1. The van der Waals surface area contributed by atoms with Gasteiger partial charge in [0, 0.05) is 18.7 Å². The number of piperidine rings is 1. The van der Waals surface area contributed by atoms with E-state index in [1.54, 1.807) is 12.1 Å². The highest BCUT2D eigenvalue weighted by molar-refractivity contribution is 5.74. The Bertz CT molecular complexity index is 519. The van der Waals surface area contributed by atoms with Gasteiger partial charge < -0.3 is 5.11 Å². The van der Waals surface area contributed by atoms with Crippen molar-refractivity contribution in [2.75, 3.05) is 13.1 Å². The standard InChI is InChI=1S/C15H20N2O4/c1-2-15(14(18)19)7-9-16(10-8-15)11-12-3-5-13(6-4-12)17(20)21/h3-6H,2,7-11H2,1H3,(H,18,19). The molecule has 0 atom stereocenters. The Morgan fingerprint density at radius 1 is 1.33 bits per heavy atom. The highest BCUT2D eigenvalue weighted by Gasteiger charge is 2.39. The predicted molar refractivity (Wildman–Crippen MR) is 78.0 cm³/mol. The van der Waals surface area contributed by atoms with Crippen LogP contribution in [-0.2, 0) is 11.3 Å². The molecule has 114 valence electrons. The molecule has 6 heteroatoms. The lowest BCUT2D eigenvalue weighted by molar-refractivity contribution is -0.384. The van der Waals surface area contributed by atoms with Crippen LogP contribution >= 0.6 is 0 Å². The van der Waals surface area contributed by atoms with Crippen LogP contribution in [0.3, 0.4) is 0 Å². The van der Waals surface area contributed by atoms with E-state index in [2.05, 4.69) is 4.90 Å². The first kappa shape index (κ1) is 15.4. The van der Waals surface area contributed by atoms with Crippen molar-refractivity contribution in [1.29, 1.82) is 0 Å². The number of aliphatic carboxylic acids is 1. The maximum absolute atomic E-state index is 11.4. The summed E-state index contributed by atoms with van der Waals surface area (Å²) in [5.41, 5.74) is 0.527. The summed E-state index contributed by atoms with van der Waals surface area (Å²) in [7, 11) is 0. The molecule has 0 bridgehead atoms. The molecule has 1 fully saturated rings. The third-order valence-corrected chi connectivity index (χ3v) is 4.50. The second-order valence-corrected chi connectivity index (χ2v) is 5.64. The summed E-state index contributed by atoms with van der Waals surface area (Å²) in [6, 6.07) is 6.54. The Labute approximate surface area is 123 Å². The van der Waals surface area contributed by atoms with E-state index < -0.39 is 16.3 Å². The van der Waals surface area contributed by atoms with Gasteiger partial charge in [-0.05, 0) is 37.9 Å². The number of carboxylic acid groups (broad SMARTS) is 1. The summed E-state index contributed by atoms with van der Waals surface area (Å²) in [6.07, 6.45) is 1.98. The quantitative estimate of drug-likeness (QED) is 0.666. The molecule has 2 rings (SSSR count). The van der Waals surface area contributed by atoms with E-state index in [-0.39, 0.29) is 5.69 Å². The number of rotatable bonds is 5. The molecule has 1 aromatic rings. The van der Waals surface area contributed by atoms with Crippen LogP contribution in [0.4, 0.5) is 5.69 Å². The zero-order valence-corrected chi connectivity index (χ0v) is 12.1. The zero-order chi connectivity index (χ0) is 15.5. The second-order valence-electron chi connectivity index (χ2n) is 5.64. The molecule has 0 amide bonds. The minimum atomic E-state index is -0.694. The average molecular weight is 292 g/mol. The average Bonchev–Trinajstić information content (AvgIpc) is 2.48. The monoisotopic (exact) mass is 292 g/mol. The smallest absolute Gasteiger partial charge is 0.309 e. The maximum Gasteiger partial charge on any atom is 0.309 e. The van der Waals surface area contributed by atoms with Crippen LogP contribution in [0, 0.1) is 15.5 Å². The Kier molecular flexibility index (Phi) is 4.57. The third kappa shape index (κ3) is 3.39. The van der Waals surface area contributed by atoms with Crippen molar-refractivity contribution in [3.63, 3.8) is 0 Å². The van der Waals surface area contributed by atoms with Gasteiger partial charge in [-0.1, -0.05) is 19.1 Å². The minimum Gasteiger partial charge on any atom is -0.481 e. The molecule has 6 nitrogen and oxygen atoms in total. The van der Waals surface area contributed by atoms with Crippen molar-refractivity contribution in [3.8, 4) is 0 Å². The summed E-state index contributed by atoms with van der Waals surface area (Å²) in [4.78, 5) is 23.8. The van der Waals surface area contributed by atoms with Gasteiger partial charge in [0.2, 0.25) is 0 Å². The van der Waals surface area contributed by atoms with Crippen molar-refractivity contribution < 1.29 is 14.8 Å². The van der Waals surface area contributed by atoms with E-state index in [0.29, 0.717) is 25.8 Å². The van der Waals surface area contributed by atoms with E-state index in [1.165, 1.54) is 12.1 Å². The maximum atomic E-state index is 11.4. The van der Waals surface area contributed by atoms with Crippen LogP contribution in [0.2, 0.25) is 0 Å². The molecule has 0 unspecified atom stereocenters. The Hall–Kier alpha value is -1.95. The molecule has 21 heavy (non-hydrogen) atoms. The second kappa shape index (κ2) is 6.22. The predicted octanol–water partition coefficient (Wildman–Crippen LogP) is 2.67. The van der Waals surface area contributed by atoms with Crippen LogP contribution in [-0.4, -0.2) is 34.0 Å². The fourth-order valence-electron chi connectivity index (χ4n) is 2.84. The van der Waals surface area contributed by atoms with Gasteiger partial charge in [0.15, 0.2) is 0 Å². The minimum absolute atomic E-state index is 0.0910. The Morgan fingerprint density at radius 2 is 1.90 bits per heavy atom. The molecule has 1 aliphatic rings. The van der Waals surface area contributed by atoms with Crippen molar-refractivity contribution in [2.24, 2.45) is 5.41 Å². The lowest BCUT2D eigenvalue weighted by Crippen LogP contribution is -2.43. The molecule has 1 saturated heterocycles. The van der Waals surface area contributed by atoms with Crippen molar-refractivity contribution in [3.05, 3.63) is 39.9 Å². The van der Waals surface area contributed by atoms with Gasteiger partial charge in [-0.2, -0.15) is 0 Å². The first-order chi connectivity index (χ1) is 9.97. The van der Waals surface area contributed by atoms with Gasteiger partial charge in [0.1, 0.15) is 0 Å². The number of nitro groups is 1. The molecule has 1 aromatic carbocycles. The molecule has 1 heterocycles. The topological polar surface area (TPSA) is 83.7 Å². The summed E-state index contributed by atoms with van der Waals surface area (Å²) in [5.74, 6) is -0.694. The zero-order valence-electron chi connectivity index (χ0n) is 12.1. The molecular weight excluding hydrogens is 272 g/mol. The van der Waals surface area contributed by atoms with E-state index in [9.17, 15) is 20.0 Å². The molecule has 0 radical (unpaired) electrons. The number of nitrogens with zero attached hydrogens (tertiary/aromatic N) is 2. The SMILES string of the molecule is CCC1(C(=O)O)CCN(Cc2ccc([N+](=O)[O-])cc2)CC1. The highest BCUT2D eigenvalue weighted by atomic mass is 16.6. The number of likely N-dealkylation sites (tertiary alicyclic amines) is 1. The summed E-state index contributed by atoms with van der Waals surface area (Å²) >= 11 is 0. The molecule has 1 aliphatic heterocycles. The molecule has 0 spiro atoms. The summed E-state index contributed by atoms with van der Waals surface area (Å²) in [6.45, 7) is 4.13. The summed E-state index contributed by atoms with van der Waals surface area (Å²) in [5, 5.41) is 20.0. The van der Waals surface area contributed by atoms with E-state index in [0.717, 1.165) is 18.7 Å². The van der Waals surface area contributed by atoms with Crippen molar-refractivity contribution in [1.82, 2.24) is 4.90 Å². The largest absolute Gasteiger partial charge is 0.481 e. The van der Waals surface area contributed by atoms with Crippen molar-refractivity contribution in [2.45, 2.75) is 32.7 Å². The van der Waals surface area contributed by atoms with E-state index >= 15 is 0 Å². The Morgan fingerprint density at radius 3 is 2.33 bits per heavy atom. The molecule has 1 N–H and O–H groups in total. The first-order valence-electron chi connectivity index (χ1n) is 7.16. The Balaban J connectivity index is 1.94. The molecular formula is C15H20N2O4. The molecule has 0 saturated carbocycles. The molecule has 0 aromatic heterocycles. The van der Waals surface area contributed by atoms with Crippen LogP contribution in [0.25, 0.3) is 0 Å². The fraction of sp³-hybridized carbons (Fsp3) is 0.533. The lowest BCUT2D eigenvalue weighted by Gasteiger charge is -2.38. The summed E-state index contributed by atoms with van der Waals surface area (Å²) < 4.78 is 0. The van der Waals surface area contributed by atoms with Crippen LogP contribution in [0.15, 0.2) is 24.3 Å². The number of nitro benzene ring substituents is 1. The van der Waals surface area contributed by atoms with Crippen LogP contribution in [0.5, 0.6) is 0 Å². The van der Waals surface area contributed by atoms with Crippen LogP contribution in [0.1, 0.15) is 31.7 Å². The number of hydrogen-bond donors (Lipinski definition) is 1. The number of non-ortho nitro benzene ring substituents is 1. The van der Waals surface area contributed by atoms with Gasteiger partial charge >= 0.3 is 5.97 Å². The number of carbonyl (C=O) groups is 1. The van der Waals surface area contributed by atoms with E-state index in [1.807, 2.05) is 6.92 Å². The van der Waals surface area contributed by atoms with Crippen molar-refractivity contribution >= 4 is 11.7 Å². The van der Waals surface area contributed by atoms with Gasteiger partial charge in [0.05, 0.1) is 10.3 Å². The van der Waals surface area contributed by atoms with Gasteiger partial charge in [-0.25, -0.2) is 0 Å². The molecule has 0 aliphatic carbocycles. The normalized spacial score (nSPS) is 18.3. The highest BCUT2D eigenvalue weighted by Crippen LogP contribution is 2.35. The van der Waals surface area contributed by atoms with Crippen LogP contribution < -0.4 is 0 Å². The third-order valence-electron chi connectivity index (χ3n) is 4.50. The van der Waals surface area contributed by atoms with E-state index in [4.69, 9.17) is 0 Å². The van der Waals surface area contributed by atoms with Gasteiger partial charge in [0.25, 0.3) is 5.69 Å². The fourth-order valence-corrected chi connectivity index (χ4v) is 2.84. The van der Waals surface area contributed by atoms with Gasteiger partial charge in [-0.15, -0.1) is 0 Å². The van der Waals surface area contributed by atoms with Gasteiger partial charge in [-0.3, -0.25) is 19.8 Å². The first-order valence-corrected chi connectivity index (χ1v) is 7.16.